The lowest BCUT2D eigenvalue weighted by molar-refractivity contribution is 0.00708. The fourth-order valence-corrected chi connectivity index (χ4v) is 3.09. The van der Waals surface area contributed by atoms with Gasteiger partial charge >= 0.3 is 12.2 Å². The summed E-state index contributed by atoms with van der Waals surface area (Å²) >= 11 is 0. The van der Waals surface area contributed by atoms with Crippen LogP contribution >= 0.6 is 0 Å². The van der Waals surface area contributed by atoms with Crippen molar-refractivity contribution in [3.05, 3.63) is 59.9 Å². The molecule has 1 atom stereocenters. The standard InChI is InChI=1S/C24H28N4O4/c1-24(2,3)32-22(29)27-14-15-28(23(30)31-17-18-8-5-4-6-9-18)19(16-27)11-12-21-20(25)10-7-13-26-21/h4-10,13,19H,14-17,25H2,1-3H3. The van der Waals surface area contributed by atoms with E-state index in [2.05, 4.69) is 16.8 Å². The van der Waals surface area contributed by atoms with Gasteiger partial charge in [0, 0.05) is 19.3 Å². The van der Waals surface area contributed by atoms with E-state index in [4.69, 9.17) is 15.2 Å². The molecule has 2 aromatic rings. The Labute approximate surface area is 188 Å². The van der Waals surface area contributed by atoms with E-state index in [1.54, 1.807) is 23.2 Å². The van der Waals surface area contributed by atoms with Crippen LogP contribution in [0.4, 0.5) is 15.3 Å². The third-order valence-electron chi connectivity index (χ3n) is 4.67. The van der Waals surface area contributed by atoms with E-state index in [0.29, 0.717) is 17.9 Å². The number of rotatable bonds is 2. The van der Waals surface area contributed by atoms with Gasteiger partial charge in [-0.15, -0.1) is 0 Å². The molecule has 8 heteroatoms. The first-order valence-electron chi connectivity index (χ1n) is 10.4. The molecule has 0 spiro atoms. The lowest BCUT2D eigenvalue weighted by atomic mass is 10.1. The first-order chi connectivity index (χ1) is 15.2. The van der Waals surface area contributed by atoms with Crippen molar-refractivity contribution in [2.75, 3.05) is 25.4 Å². The Morgan fingerprint density at radius 3 is 2.56 bits per heavy atom. The quantitative estimate of drug-likeness (QED) is 0.726. The van der Waals surface area contributed by atoms with Crippen LogP contribution in [0.2, 0.25) is 0 Å². The zero-order valence-electron chi connectivity index (χ0n) is 18.6. The van der Waals surface area contributed by atoms with E-state index in [1.165, 1.54) is 4.90 Å². The highest BCUT2D eigenvalue weighted by atomic mass is 16.6. The molecule has 0 radical (unpaired) electrons. The number of benzene rings is 1. The predicted molar refractivity (Wildman–Crippen MR) is 120 cm³/mol. The topological polar surface area (TPSA) is 98.0 Å². The van der Waals surface area contributed by atoms with E-state index < -0.39 is 23.8 Å². The van der Waals surface area contributed by atoms with Crippen molar-refractivity contribution < 1.29 is 19.1 Å². The number of anilines is 1. The van der Waals surface area contributed by atoms with Crippen molar-refractivity contribution in [2.45, 2.75) is 39.0 Å². The normalized spacial score (nSPS) is 16.0. The molecule has 1 unspecified atom stereocenters. The number of hydrogen-bond acceptors (Lipinski definition) is 6. The highest BCUT2D eigenvalue weighted by Gasteiger charge is 2.34. The number of hydrogen-bond donors (Lipinski definition) is 1. The summed E-state index contributed by atoms with van der Waals surface area (Å²) in [4.78, 5) is 32.6. The molecule has 8 nitrogen and oxygen atoms in total. The monoisotopic (exact) mass is 436 g/mol. The molecular formula is C24H28N4O4. The van der Waals surface area contributed by atoms with Gasteiger partial charge in [-0.25, -0.2) is 14.6 Å². The first kappa shape index (κ1) is 22.9. The van der Waals surface area contributed by atoms with Crippen LogP contribution in [-0.2, 0) is 16.1 Å². The van der Waals surface area contributed by atoms with Crippen LogP contribution < -0.4 is 5.73 Å². The number of carbonyl (C=O) groups excluding carboxylic acids is 2. The van der Waals surface area contributed by atoms with Crippen LogP contribution in [-0.4, -0.2) is 58.2 Å². The first-order valence-corrected chi connectivity index (χ1v) is 10.4. The predicted octanol–water partition coefficient (Wildman–Crippen LogP) is 3.27. The Bertz CT molecular complexity index is 1010. The van der Waals surface area contributed by atoms with Crippen LogP contribution in [0.15, 0.2) is 48.7 Å². The number of pyridine rings is 1. The number of ether oxygens (including phenoxy) is 2. The molecule has 0 aliphatic carbocycles. The fraction of sp³-hybridized carbons (Fsp3) is 0.375. The number of piperazine rings is 1. The van der Waals surface area contributed by atoms with Gasteiger partial charge in [0.2, 0.25) is 0 Å². The summed E-state index contributed by atoms with van der Waals surface area (Å²) in [5, 5.41) is 0. The molecule has 168 valence electrons. The lowest BCUT2D eigenvalue weighted by Crippen LogP contribution is -2.56. The number of nitrogens with zero attached hydrogens (tertiary/aromatic N) is 3. The second-order valence-electron chi connectivity index (χ2n) is 8.39. The molecule has 2 heterocycles. The number of carbonyl (C=O) groups is 2. The van der Waals surface area contributed by atoms with E-state index in [-0.39, 0.29) is 19.7 Å². The summed E-state index contributed by atoms with van der Waals surface area (Å²) in [6, 6.07) is 12.3. The van der Waals surface area contributed by atoms with Crippen molar-refractivity contribution in [3.63, 3.8) is 0 Å². The molecule has 1 fully saturated rings. The van der Waals surface area contributed by atoms with Crippen LogP contribution in [0.3, 0.4) is 0 Å². The minimum Gasteiger partial charge on any atom is -0.445 e. The summed E-state index contributed by atoms with van der Waals surface area (Å²) < 4.78 is 11.0. The van der Waals surface area contributed by atoms with Crippen LogP contribution in [0.5, 0.6) is 0 Å². The summed E-state index contributed by atoms with van der Waals surface area (Å²) in [6.45, 7) is 6.35. The smallest absolute Gasteiger partial charge is 0.411 e. The second-order valence-corrected chi connectivity index (χ2v) is 8.39. The second kappa shape index (κ2) is 10.1. The Morgan fingerprint density at radius 2 is 1.88 bits per heavy atom. The van der Waals surface area contributed by atoms with Gasteiger partial charge in [-0.1, -0.05) is 36.3 Å². The summed E-state index contributed by atoms with van der Waals surface area (Å²) in [7, 11) is 0. The molecule has 32 heavy (non-hydrogen) atoms. The van der Waals surface area contributed by atoms with Crippen LogP contribution in [0.25, 0.3) is 0 Å². The van der Waals surface area contributed by atoms with Gasteiger partial charge in [0.15, 0.2) is 0 Å². The third-order valence-corrected chi connectivity index (χ3v) is 4.67. The number of nitrogens with two attached hydrogens (primary N) is 1. The molecule has 0 saturated carbocycles. The number of aromatic nitrogens is 1. The van der Waals surface area contributed by atoms with Crippen LogP contribution in [0, 0.1) is 11.8 Å². The fourth-order valence-electron chi connectivity index (χ4n) is 3.09. The molecule has 1 aromatic heterocycles. The zero-order valence-corrected chi connectivity index (χ0v) is 18.6. The number of amides is 2. The van der Waals surface area contributed by atoms with Crippen molar-refractivity contribution in [1.82, 2.24) is 14.8 Å². The maximum absolute atomic E-state index is 12.8. The Morgan fingerprint density at radius 1 is 1.12 bits per heavy atom. The third kappa shape index (κ3) is 6.38. The average molecular weight is 437 g/mol. The zero-order chi connectivity index (χ0) is 23.1. The van der Waals surface area contributed by atoms with Crippen molar-refractivity contribution in [3.8, 4) is 11.8 Å². The summed E-state index contributed by atoms with van der Waals surface area (Å²) in [5.74, 6) is 5.97. The van der Waals surface area contributed by atoms with Crippen molar-refractivity contribution >= 4 is 17.9 Å². The molecule has 3 rings (SSSR count). The molecular weight excluding hydrogens is 408 g/mol. The van der Waals surface area contributed by atoms with Gasteiger partial charge in [-0.2, -0.15) is 0 Å². The molecule has 1 saturated heterocycles. The SMILES string of the molecule is CC(C)(C)OC(=O)N1CCN(C(=O)OCc2ccccc2)C(C#Cc2ncccc2N)C1. The van der Waals surface area contributed by atoms with Gasteiger partial charge in [0.25, 0.3) is 0 Å². The molecule has 2 amide bonds. The summed E-state index contributed by atoms with van der Waals surface area (Å²) in [5.41, 5.74) is 7.06. The lowest BCUT2D eigenvalue weighted by Gasteiger charge is -2.38. The minimum atomic E-state index is -0.619. The summed E-state index contributed by atoms with van der Waals surface area (Å²) in [6.07, 6.45) is 0.657. The highest BCUT2D eigenvalue weighted by molar-refractivity contribution is 5.71. The minimum absolute atomic E-state index is 0.152. The van der Waals surface area contributed by atoms with Gasteiger partial charge in [-0.3, -0.25) is 4.90 Å². The van der Waals surface area contributed by atoms with Gasteiger partial charge in [0.1, 0.15) is 23.9 Å². The van der Waals surface area contributed by atoms with E-state index >= 15 is 0 Å². The van der Waals surface area contributed by atoms with E-state index in [1.807, 2.05) is 51.1 Å². The van der Waals surface area contributed by atoms with Crippen molar-refractivity contribution in [1.29, 1.82) is 0 Å². The molecule has 1 aromatic carbocycles. The average Bonchev–Trinajstić information content (AvgIpc) is 2.76. The van der Waals surface area contributed by atoms with Gasteiger partial charge in [-0.05, 0) is 44.4 Å². The van der Waals surface area contributed by atoms with Crippen molar-refractivity contribution in [2.24, 2.45) is 0 Å². The maximum Gasteiger partial charge on any atom is 0.411 e. The Hall–Kier alpha value is -3.73. The number of nitrogen functional groups attached to an aromatic ring is 1. The van der Waals surface area contributed by atoms with E-state index in [9.17, 15) is 9.59 Å². The largest absolute Gasteiger partial charge is 0.445 e. The van der Waals surface area contributed by atoms with E-state index in [0.717, 1.165) is 5.56 Å². The Kier molecular flexibility index (Phi) is 7.21. The van der Waals surface area contributed by atoms with Crippen LogP contribution in [0.1, 0.15) is 32.0 Å². The highest BCUT2D eigenvalue weighted by Crippen LogP contribution is 2.17. The van der Waals surface area contributed by atoms with Gasteiger partial charge in [0.05, 0.1) is 12.2 Å². The molecule has 2 N–H and O–H groups in total. The molecule has 1 aliphatic rings. The molecule has 1 aliphatic heterocycles. The van der Waals surface area contributed by atoms with Gasteiger partial charge < -0.3 is 20.1 Å². The maximum atomic E-state index is 12.8. The molecule has 0 bridgehead atoms. The Balaban J connectivity index is 1.76.